The second-order valence-electron chi connectivity index (χ2n) is 5.96. The van der Waals surface area contributed by atoms with E-state index in [4.69, 9.17) is 4.74 Å². The molecule has 0 N–H and O–H groups in total. The van der Waals surface area contributed by atoms with Crippen LogP contribution in [0.15, 0.2) is 30.5 Å². The summed E-state index contributed by atoms with van der Waals surface area (Å²) >= 11 is 0. The summed E-state index contributed by atoms with van der Waals surface area (Å²) in [5, 5.41) is 9.79. The van der Waals surface area contributed by atoms with Gasteiger partial charge in [0, 0.05) is 22.9 Å². The molecule has 0 saturated carbocycles. The molecule has 22 heavy (non-hydrogen) atoms. The summed E-state index contributed by atoms with van der Waals surface area (Å²) in [7, 11) is 0. The van der Waals surface area contributed by atoms with Crippen molar-refractivity contribution >= 4 is 16.7 Å². The number of amides is 1. The first-order valence-electron chi connectivity index (χ1n) is 7.81. The quantitative estimate of drug-likeness (QED) is 0.874. The standard InChI is InChI=1S/C17H21N3O2/c1-12-6-5-7-13(2)20(12)16(21)11-22-17-15-9-4-3-8-14(15)10-18-19-17/h3-4,8-10,12-13H,5-7,11H2,1-2H3/t12-,13-/m0/s1. The van der Waals surface area contributed by atoms with Crippen molar-refractivity contribution in [1.29, 1.82) is 0 Å². The van der Waals surface area contributed by atoms with E-state index in [1.54, 1.807) is 6.20 Å². The average Bonchev–Trinajstić information content (AvgIpc) is 2.52. The largest absolute Gasteiger partial charge is 0.466 e. The maximum absolute atomic E-state index is 12.5. The van der Waals surface area contributed by atoms with Crippen molar-refractivity contribution in [2.45, 2.75) is 45.2 Å². The summed E-state index contributed by atoms with van der Waals surface area (Å²) < 4.78 is 5.67. The summed E-state index contributed by atoms with van der Waals surface area (Å²) in [6, 6.07) is 8.30. The second kappa shape index (κ2) is 6.30. The average molecular weight is 299 g/mol. The molecule has 0 spiro atoms. The number of hydrogen-bond donors (Lipinski definition) is 0. The molecule has 2 aromatic rings. The van der Waals surface area contributed by atoms with Crippen molar-refractivity contribution in [3.63, 3.8) is 0 Å². The number of carbonyl (C=O) groups is 1. The predicted octanol–water partition coefficient (Wildman–Crippen LogP) is 2.80. The zero-order valence-corrected chi connectivity index (χ0v) is 13.0. The molecule has 116 valence electrons. The van der Waals surface area contributed by atoms with E-state index in [-0.39, 0.29) is 24.6 Å². The second-order valence-corrected chi connectivity index (χ2v) is 5.96. The first-order valence-corrected chi connectivity index (χ1v) is 7.81. The molecule has 1 aliphatic heterocycles. The minimum Gasteiger partial charge on any atom is -0.466 e. The van der Waals surface area contributed by atoms with Crippen LogP contribution in [0.4, 0.5) is 0 Å². The van der Waals surface area contributed by atoms with Gasteiger partial charge in [-0.1, -0.05) is 18.2 Å². The molecular formula is C17H21N3O2. The molecule has 1 amide bonds. The van der Waals surface area contributed by atoms with Crippen molar-refractivity contribution in [2.75, 3.05) is 6.61 Å². The first kappa shape index (κ1) is 14.8. The smallest absolute Gasteiger partial charge is 0.261 e. The number of aromatic nitrogens is 2. The molecule has 1 fully saturated rings. The molecule has 0 unspecified atom stereocenters. The van der Waals surface area contributed by atoms with Crippen LogP contribution >= 0.6 is 0 Å². The van der Waals surface area contributed by atoms with Crippen LogP contribution in [0, 0.1) is 0 Å². The zero-order chi connectivity index (χ0) is 15.5. The van der Waals surface area contributed by atoms with Crippen LogP contribution in [0.3, 0.4) is 0 Å². The summed E-state index contributed by atoms with van der Waals surface area (Å²) in [4.78, 5) is 14.4. The number of benzene rings is 1. The third-order valence-corrected chi connectivity index (χ3v) is 4.35. The van der Waals surface area contributed by atoms with Crippen molar-refractivity contribution in [3.05, 3.63) is 30.5 Å². The normalized spacial score (nSPS) is 21.8. The summed E-state index contributed by atoms with van der Waals surface area (Å²) in [5.41, 5.74) is 0. The van der Waals surface area contributed by atoms with Gasteiger partial charge in [-0.15, -0.1) is 5.10 Å². The maximum Gasteiger partial charge on any atom is 0.261 e. The fourth-order valence-corrected chi connectivity index (χ4v) is 3.23. The zero-order valence-electron chi connectivity index (χ0n) is 13.0. The van der Waals surface area contributed by atoms with Crippen molar-refractivity contribution < 1.29 is 9.53 Å². The molecule has 0 aliphatic carbocycles. The molecule has 2 atom stereocenters. The van der Waals surface area contributed by atoms with E-state index < -0.39 is 0 Å². The topological polar surface area (TPSA) is 55.3 Å². The minimum absolute atomic E-state index is 0.0113. The molecule has 1 aromatic heterocycles. The molecule has 1 saturated heterocycles. The van der Waals surface area contributed by atoms with Crippen LogP contribution in [0.1, 0.15) is 33.1 Å². The minimum atomic E-state index is 0.0113. The highest BCUT2D eigenvalue weighted by atomic mass is 16.5. The van der Waals surface area contributed by atoms with Gasteiger partial charge in [-0.3, -0.25) is 4.79 Å². The Morgan fingerprint density at radius 3 is 2.77 bits per heavy atom. The monoisotopic (exact) mass is 299 g/mol. The van der Waals surface area contributed by atoms with Gasteiger partial charge in [0.15, 0.2) is 6.61 Å². The number of hydrogen-bond acceptors (Lipinski definition) is 4. The Hall–Kier alpha value is -2.17. The highest BCUT2D eigenvalue weighted by Gasteiger charge is 2.29. The molecule has 1 aromatic carbocycles. The lowest BCUT2D eigenvalue weighted by Gasteiger charge is -2.38. The van der Waals surface area contributed by atoms with Gasteiger partial charge in [0.2, 0.25) is 5.88 Å². The van der Waals surface area contributed by atoms with Gasteiger partial charge in [0.25, 0.3) is 5.91 Å². The van der Waals surface area contributed by atoms with E-state index in [0.717, 1.165) is 23.6 Å². The van der Waals surface area contributed by atoms with Crippen LogP contribution in [0.2, 0.25) is 0 Å². The Bertz CT molecular complexity index is 659. The number of carbonyl (C=O) groups excluding carboxylic acids is 1. The van der Waals surface area contributed by atoms with Gasteiger partial charge in [-0.25, -0.2) is 0 Å². The maximum atomic E-state index is 12.5. The Balaban J connectivity index is 1.72. The lowest BCUT2D eigenvalue weighted by molar-refractivity contribution is -0.139. The van der Waals surface area contributed by atoms with Crippen LogP contribution in [0.5, 0.6) is 5.88 Å². The van der Waals surface area contributed by atoms with Crippen molar-refractivity contribution in [1.82, 2.24) is 15.1 Å². The number of ether oxygens (including phenoxy) is 1. The van der Waals surface area contributed by atoms with Crippen molar-refractivity contribution in [2.24, 2.45) is 0 Å². The van der Waals surface area contributed by atoms with Crippen LogP contribution < -0.4 is 4.74 Å². The SMILES string of the molecule is C[C@H]1CCC[C@H](C)N1C(=O)COc1nncc2ccccc12. The molecule has 0 bridgehead atoms. The molecule has 5 nitrogen and oxygen atoms in total. The third kappa shape index (κ3) is 2.89. The number of fused-ring (bicyclic) bond motifs is 1. The Kier molecular flexibility index (Phi) is 4.22. The van der Waals surface area contributed by atoms with E-state index in [1.807, 2.05) is 29.2 Å². The molecule has 0 radical (unpaired) electrons. The van der Waals surface area contributed by atoms with Gasteiger partial charge in [-0.2, -0.15) is 5.10 Å². The fourth-order valence-electron chi connectivity index (χ4n) is 3.23. The molecule has 3 rings (SSSR count). The van der Waals surface area contributed by atoms with E-state index in [1.165, 1.54) is 6.42 Å². The van der Waals surface area contributed by atoms with Crippen molar-refractivity contribution in [3.8, 4) is 5.88 Å². The number of piperidine rings is 1. The van der Waals surface area contributed by atoms with Gasteiger partial charge in [-0.05, 0) is 39.2 Å². The van der Waals surface area contributed by atoms with Crippen LogP contribution in [-0.2, 0) is 4.79 Å². The van der Waals surface area contributed by atoms with Gasteiger partial charge in [0.05, 0.1) is 6.20 Å². The van der Waals surface area contributed by atoms with Gasteiger partial charge >= 0.3 is 0 Å². The molecular weight excluding hydrogens is 278 g/mol. The molecule has 1 aliphatic rings. The predicted molar refractivity (Wildman–Crippen MR) is 84.7 cm³/mol. The highest BCUT2D eigenvalue weighted by molar-refractivity contribution is 5.86. The first-order chi connectivity index (χ1) is 10.7. The van der Waals surface area contributed by atoms with Crippen LogP contribution in [0.25, 0.3) is 10.8 Å². The van der Waals surface area contributed by atoms with E-state index in [0.29, 0.717) is 5.88 Å². The van der Waals surface area contributed by atoms with E-state index in [9.17, 15) is 4.79 Å². The number of nitrogens with zero attached hydrogens (tertiary/aromatic N) is 3. The highest BCUT2D eigenvalue weighted by Crippen LogP contribution is 2.24. The number of likely N-dealkylation sites (tertiary alicyclic amines) is 1. The lowest BCUT2D eigenvalue weighted by Crippen LogP contribution is -2.49. The molecule has 2 heterocycles. The third-order valence-electron chi connectivity index (χ3n) is 4.35. The lowest BCUT2D eigenvalue weighted by atomic mass is 9.97. The van der Waals surface area contributed by atoms with Crippen LogP contribution in [-0.4, -0.2) is 39.7 Å². The Labute approximate surface area is 130 Å². The van der Waals surface area contributed by atoms with Gasteiger partial charge in [0.1, 0.15) is 0 Å². The summed E-state index contributed by atoms with van der Waals surface area (Å²) in [6.45, 7) is 4.22. The Morgan fingerprint density at radius 1 is 1.27 bits per heavy atom. The van der Waals surface area contributed by atoms with E-state index >= 15 is 0 Å². The molecule has 5 heteroatoms. The Morgan fingerprint density at radius 2 is 2.00 bits per heavy atom. The summed E-state index contributed by atoms with van der Waals surface area (Å²) in [5.74, 6) is 0.443. The van der Waals surface area contributed by atoms with E-state index in [2.05, 4.69) is 24.0 Å². The fraction of sp³-hybridized carbons (Fsp3) is 0.471. The number of rotatable bonds is 3. The summed E-state index contributed by atoms with van der Waals surface area (Å²) in [6.07, 6.45) is 4.99. The van der Waals surface area contributed by atoms with Gasteiger partial charge < -0.3 is 9.64 Å².